The first kappa shape index (κ1) is 13.1. The lowest BCUT2D eigenvalue weighted by Crippen LogP contribution is -2.08. The molecule has 2 aromatic rings. The Morgan fingerprint density at radius 1 is 1.37 bits per heavy atom. The molecule has 0 fully saturated rings. The molecule has 0 aliphatic heterocycles. The van der Waals surface area contributed by atoms with E-state index in [0.717, 1.165) is 5.56 Å². The van der Waals surface area contributed by atoms with Gasteiger partial charge in [0.1, 0.15) is 0 Å². The third-order valence-corrected chi connectivity index (χ3v) is 2.80. The molecule has 0 bridgehead atoms. The quantitative estimate of drug-likeness (QED) is 0.855. The lowest BCUT2D eigenvalue weighted by atomic mass is 10.2. The molecule has 0 radical (unpaired) electrons. The first-order valence-corrected chi connectivity index (χ1v) is 6.11. The predicted molar refractivity (Wildman–Crippen MR) is 70.1 cm³/mol. The zero-order valence-electron chi connectivity index (χ0n) is 11.0. The molecule has 19 heavy (non-hydrogen) atoms. The van der Waals surface area contributed by atoms with Crippen LogP contribution in [0.3, 0.4) is 0 Å². The highest BCUT2D eigenvalue weighted by Gasteiger charge is 2.20. The molecule has 0 atom stereocenters. The number of carbonyl (C=O) groups is 1. The highest BCUT2D eigenvalue weighted by molar-refractivity contribution is 5.89. The second-order valence-corrected chi connectivity index (χ2v) is 4.16. The summed E-state index contributed by atoms with van der Waals surface area (Å²) in [7, 11) is 0. The number of ether oxygens (including phenoxy) is 1. The molecule has 100 valence electrons. The molecule has 1 N–H and O–H groups in total. The van der Waals surface area contributed by atoms with Crippen LogP contribution >= 0.6 is 0 Å². The molecule has 0 amide bonds. The Morgan fingerprint density at radius 3 is 2.68 bits per heavy atom. The first-order chi connectivity index (χ1) is 9.13. The van der Waals surface area contributed by atoms with Crippen LogP contribution in [-0.2, 0) is 11.3 Å². The molecule has 1 aromatic heterocycles. The summed E-state index contributed by atoms with van der Waals surface area (Å²) in [6, 6.07) is 9.60. The van der Waals surface area contributed by atoms with Crippen LogP contribution in [0.2, 0.25) is 0 Å². The number of hydrogen-bond donors (Lipinski definition) is 1. The Morgan fingerprint density at radius 2 is 2.05 bits per heavy atom. The lowest BCUT2D eigenvalue weighted by Gasteiger charge is -2.02. The van der Waals surface area contributed by atoms with Crippen LogP contribution in [0.5, 0.6) is 5.88 Å². The Bertz CT molecular complexity index is 576. The van der Waals surface area contributed by atoms with Gasteiger partial charge in [-0.1, -0.05) is 30.3 Å². The van der Waals surface area contributed by atoms with E-state index in [-0.39, 0.29) is 18.2 Å². The summed E-state index contributed by atoms with van der Waals surface area (Å²) in [4.78, 5) is 11.7. The zero-order valence-corrected chi connectivity index (χ0v) is 11.0. The van der Waals surface area contributed by atoms with Crippen molar-refractivity contribution in [2.24, 2.45) is 0 Å². The number of carbonyl (C=O) groups excluding carboxylic acids is 1. The molecule has 5 heteroatoms. The highest BCUT2D eigenvalue weighted by Crippen LogP contribution is 2.21. The number of aromatic hydroxyl groups is 1. The minimum absolute atomic E-state index is 0.00749. The van der Waals surface area contributed by atoms with Crippen molar-refractivity contribution in [1.29, 1.82) is 0 Å². The maximum absolute atomic E-state index is 11.7. The van der Waals surface area contributed by atoms with Crippen LogP contribution in [0.15, 0.2) is 30.3 Å². The van der Waals surface area contributed by atoms with Crippen LogP contribution in [0.1, 0.15) is 28.5 Å². The molecule has 0 aliphatic carbocycles. The second-order valence-electron chi connectivity index (χ2n) is 4.16. The summed E-state index contributed by atoms with van der Waals surface area (Å²) in [5.41, 5.74) is 1.60. The normalized spacial score (nSPS) is 10.4. The van der Waals surface area contributed by atoms with Crippen molar-refractivity contribution in [3.05, 3.63) is 47.2 Å². The second kappa shape index (κ2) is 5.56. The zero-order chi connectivity index (χ0) is 13.8. The maximum Gasteiger partial charge on any atom is 0.359 e. The Hall–Kier alpha value is -2.30. The largest absolute Gasteiger partial charge is 0.493 e. The molecule has 0 spiro atoms. The number of hydrogen-bond acceptors (Lipinski definition) is 4. The summed E-state index contributed by atoms with van der Waals surface area (Å²) < 4.78 is 6.30. The Balaban J connectivity index is 2.28. The fourth-order valence-corrected chi connectivity index (χ4v) is 1.80. The van der Waals surface area contributed by atoms with Crippen molar-refractivity contribution < 1.29 is 14.6 Å². The fraction of sp³-hybridized carbons (Fsp3) is 0.286. The van der Waals surface area contributed by atoms with Crippen molar-refractivity contribution in [3.8, 4) is 5.88 Å². The van der Waals surface area contributed by atoms with Gasteiger partial charge in [0.05, 0.1) is 13.2 Å². The molecule has 0 saturated heterocycles. The third-order valence-electron chi connectivity index (χ3n) is 2.80. The molecule has 1 heterocycles. The van der Waals surface area contributed by atoms with Gasteiger partial charge in [-0.05, 0) is 19.4 Å². The van der Waals surface area contributed by atoms with Gasteiger partial charge in [0.15, 0.2) is 5.69 Å². The molecule has 1 aromatic carbocycles. The van der Waals surface area contributed by atoms with Gasteiger partial charge >= 0.3 is 5.97 Å². The van der Waals surface area contributed by atoms with Gasteiger partial charge in [-0.3, -0.25) is 0 Å². The van der Waals surface area contributed by atoms with Crippen LogP contribution in [0.4, 0.5) is 0 Å². The summed E-state index contributed by atoms with van der Waals surface area (Å²) in [5.74, 6) is -0.519. The van der Waals surface area contributed by atoms with Crippen molar-refractivity contribution in [1.82, 2.24) is 9.78 Å². The average molecular weight is 260 g/mol. The Kier molecular flexibility index (Phi) is 3.85. The molecule has 0 unspecified atom stereocenters. The van der Waals surface area contributed by atoms with Gasteiger partial charge in [0, 0.05) is 5.56 Å². The SMILES string of the molecule is CCOC(=O)c1nn(Cc2ccccc2)c(O)c1C. The third kappa shape index (κ3) is 2.76. The molecular formula is C14H16N2O3. The van der Waals surface area contributed by atoms with Crippen LogP contribution in [0, 0.1) is 6.92 Å². The predicted octanol–water partition coefficient (Wildman–Crippen LogP) is 2.12. The van der Waals surface area contributed by atoms with Crippen molar-refractivity contribution in [2.75, 3.05) is 6.61 Å². The fourth-order valence-electron chi connectivity index (χ4n) is 1.80. The van der Waals surface area contributed by atoms with E-state index >= 15 is 0 Å². The number of esters is 1. The van der Waals surface area contributed by atoms with E-state index in [1.165, 1.54) is 4.68 Å². The summed E-state index contributed by atoms with van der Waals surface area (Å²) in [5, 5.41) is 14.1. The minimum Gasteiger partial charge on any atom is -0.493 e. The standard InChI is InChI=1S/C14H16N2O3/c1-3-19-14(18)12-10(2)13(17)16(15-12)9-11-7-5-4-6-8-11/h4-8,17H,3,9H2,1-2H3. The average Bonchev–Trinajstić information content (AvgIpc) is 2.69. The van der Waals surface area contributed by atoms with Crippen LogP contribution in [-0.4, -0.2) is 27.5 Å². The maximum atomic E-state index is 11.7. The number of aromatic nitrogens is 2. The minimum atomic E-state index is -0.512. The van der Waals surface area contributed by atoms with E-state index in [2.05, 4.69) is 5.10 Å². The number of benzene rings is 1. The van der Waals surface area contributed by atoms with Gasteiger partial charge in [0.2, 0.25) is 5.88 Å². The molecule has 0 saturated carbocycles. The summed E-state index contributed by atoms with van der Waals surface area (Å²) in [6.45, 7) is 4.07. The number of nitrogens with zero attached hydrogens (tertiary/aromatic N) is 2. The molecule has 0 aliphatic rings. The van der Waals surface area contributed by atoms with Gasteiger partial charge in [-0.25, -0.2) is 9.48 Å². The molecule has 2 rings (SSSR count). The monoisotopic (exact) mass is 260 g/mol. The van der Waals surface area contributed by atoms with Gasteiger partial charge < -0.3 is 9.84 Å². The van der Waals surface area contributed by atoms with E-state index in [4.69, 9.17) is 4.74 Å². The van der Waals surface area contributed by atoms with E-state index in [1.54, 1.807) is 13.8 Å². The molecular weight excluding hydrogens is 244 g/mol. The number of rotatable bonds is 4. The van der Waals surface area contributed by atoms with Gasteiger partial charge in [0.25, 0.3) is 0 Å². The summed E-state index contributed by atoms with van der Waals surface area (Å²) >= 11 is 0. The van der Waals surface area contributed by atoms with Crippen molar-refractivity contribution in [2.45, 2.75) is 20.4 Å². The highest BCUT2D eigenvalue weighted by atomic mass is 16.5. The van der Waals surface area contributed by atoms with E-state index in [1.807, 2.05) is 30.3 Å². The first-order valence-electron chi connectivity index (χ1n) is 6.11. The van der Waals surface area contributed by atoms with Crippen LogP contribution in [0.25, 0.3) is 0 Å². The lowest BCUT2D eigenvalue weighted by molar-refractivity contribution is 0.0517. The van der Waals surface area contributed by atoms with Gasteiger partial charge in [-0.2, -0.15) is 5.10 Å². The van der Waals surface area contributed by atoms with E-state index < -0.39 is 5.97 Å². The van der Waals surface area contributed by atoms with E-state index in [0.29, 0.717) is 12.1 Å². The smallest absolute Gasteiger partial charge is 0.359 e. The van der Waals surface area contributed by atoms with Crippen molar-refractivity contribution >= 4 is 5.97 Å². The summed E-state index contributed by atoms with van der Waals surface area (Å²) in [6.07, 6.45) is 0. The van der Waals surface area contributed by atoms with E-state index in [9.17, 15) is 9.90 Å². The topological polar surface area (TPSA) is 64.3 Å². The Labute approximate surface area is 111 Å². The molecule has 5 nitrogen and oxygen atoms in total. The van der Waals surface area contributed by atoms with Gasteiger partial charge in [-0.15, -0.1) is 0 Å². The van der Waals surface area contributed by atoms with Crippen molar-refractivity contribution in [3.63, 3.8) is 0 Å². The van der Waals surface area contributed by atoms with Crippen LogP contribution < -0.4 is 0 Å².